The fraction of sp³-hybridized carbons (Fsp3) is 0.591. The molecule has 0 fully saturated rings. The monoisotopic (exact) mass is 543 g/mol. The quantitative estimate of drug-likeness (QED) is 0.182. The van der Waals surface area contributed by atoms with Crippen LogP contribution < -0.4 is 22.5 Å². The SMILES string of the molecule is Cl.Cl.Cl.NCCN(CCN)C(=O)CC[C@H](N)C(=O)NCCCCCC(=O)OCc1ccccc1. The fourth-order valence-electron chi connectivity index (χ4n) is 2.97. The number of carbonyl (C=O) groups excluding carboxylic acids is 3. The highest BCUT2D eigenvalue weighted by molar-refractivity contribution is 5.86. The fourth-order valence-corrected chi connectivity index (χ4v) is 2.97. The molecular formula is C22H40Cl3N5O4. The van der Waals surface area contributed by atoms with Crippen molar-refractivity contribution in [3.8, 4) is 0 Å². The normalized spacial score (nSPS) is 10.6. The first-order chi connectivity index (χ1) is 15.0. The zero-order chi connectivity index (χ0) is 22.9. The van der Waals surface area contributed by atoms with Gasteiger partial charge in [0, 0.05) is 45.6 Å². The Labute approximate surface area is 221 Å². The maximum Gasteiger partial charge on any atom is 0.306 e. The van der Waals surface area contributed by atoms with Gasteiger partial charge >= 0.3 is 5.97 Å². The number of nitrogens with two attached hydrogens (primary N) is 3. The van der Waals surface area contributed by atoms with Crippen LogP contribution in [0.3, 0.4) is 0 Å². The van der Waals surface area contributed by atoms with Crippen molar-refractivity contribution in [2.45, 2.75) is 51.2 Å². The molecule has 34 heavy (non-hydrogen) atoms. The Balaban J connectivity index is -0.00000320. The van der Waals surface area contributed by atoms with Gasteiger partial charge < -0.3 is 32.2 Å². The minimum atomic E-state index is -0.741. The highest BCUT2D eigenvalue weighted by atomic mass is 35.5. The maximum absolute atomic E-state index is 12.2. The second kappa shape index (κ2) is 23.1. The first kappa shape index (κ1) is 36.9. The van der Waals surface area contributed by atoms with Crippen LogP contribution in [0.15, 0.2) is 30.3 Å². The smallest absolute Gasteiger partial charge is 0.306 e. The lowest BCUT2D eigenvalue weighted by atomic mass is 10.1. The molecule has 198 valence electrons. The number of hydrogen-bond donors (Lipinski definition) is 4. The molecule has 7 N–H and O–H groups in total. The molecule has 0 aliphatic carbocycles. The van der Waals surface area contributed by atoms with Crippen molar-refractivity contribution in [2.24, 2.45) is 17.2 Å². The number of unbranched alkanes of at least 4 members (excludes halogenated alkanes) is 2. The zero-order valence-electron chi connectivity index (χ0n) is 19.5. The largest absolute Gasteiger partial charge is 0.461 e. The summed E-state index contributed by atoms with van der Waals surface area (Å²) in [5.41, 5.74) is 17.8. The topological polar surface area (TPSA) is 154 Å². The molecule has 0 bridgehead atoms. The van der Waals surface area contributed by atoms with Crippen LogP contribution in [0.1, 0.15) is 44.1 Å². The molecule has 2 amide bonds. The Kier molecular flexibility index (Phi) is 25.1. The van der Waals surface area contributed by atoms with Crippen molar-refractivity contribution in [1.82, 2.24) is 10.2 Å². The number of benzene rings is 1. The van der Waals surface area contributed by atoms with E-state index < -0.39 is 6.04 Å². The van der Waals surface area contributed by atoms with Crippen LogP contribution >= 0.6 is 37.2 Å². The number of rotatable bonds is 16. The van der Waals surface area contributed by atoms with E-state index in [1.165, 1.54) is 0 Å². The molecule has 0 aliphatic heterocycles. The van der Waals surface area contributed by atoms with Crippen molar-refractivity contribution in [3.05, 3.63) is 35.9 Å². The number of hydrogen-bond acceptors (Lipinski definition) is 7. The number of carbonyl (C=O) groups is 3. The third-order valence-corrected chi connectivity index (χ3v) is 4.76. The Morgan fingerprint density at radius 1 is 0.912 bits per heavy atom. The van der Waals surface area contributed by atoms with Crippen LogP contribution in [0, 0.1) is 0 Å². The summed E-state index contributed by atoms with van der Waals surface area (Å²) >= 11 is 0. The second-order valence-corrected chi connectivity index (χ2v) is 7.35. The van der Waals surface area contributed by atoms with Gasteiger partial charge in [0.05, 0.1) is 6.04 Å². The number of ether oxygens (including phenoxy) is 1. The molecule has 1 aromatic rings. The first-order valence-electron chi connectivity index (χ1n) is 10.9. The molecule has 0 aromatic heterocycles. The van der Waals surface area contributed by atoms with Crippen LogP contribution in [0.25, 0.3) is 0 Å². The molecule has 1 rings (SSSR count). The van der Waals surface area contributed by atoms with E-state index >= 15 is 0 Å². The average molecular weight is 545 g/mol. The summed E-state index contributed by atoms with van der Waals surface area (Å²) in [5, 5.41) is 2.78. The first-order valence-corrected chi connectivity index (χ1v) is 10.9. The number of nitrogens with zero attached hydrogens (tertiary/aromatic N) is 1. The number of amides is 2. The molecule has 9 nitrogen and oxygen atoms in total. The standard InChI is InChI=1S/C22H37N5O4.3ClH/c23-12-15-27(16-13-24)20(28)11-10-19(25)22(30)26-14-6-2-5-9-21(29)31-17-18-7-3-1-4-8-18;;;/h1,3-4,7-8,19H,2,5-6,9-17,23-25H2,(H,26,30);3*1H/t19-;;;/m0.../s1. The molecule has 0 unspecified atom stereocenters. The molecule has 0 heterocycles. The zero-order valence-corrected chi connectivity index (χ0v) is 21.9. The van der Waals surface area contributed by atoms with E-state index in [0.29, 0.717) is 45.6 Å². The molecule has 1 atom stereocenters. The average Bonchev–Trinajstić information content (AvgIpc) is 2.78. The predicted octanol–water partition coefficient (Wildman–Crippen LogP) is 1.53. The summed E-state index contributed by atoms with van der Waals surface area (Å²) in [4.78, 5) is 37.6. The summed E-state index contributed by atoms with van der Waals surface area (Å²) in [7, 11) is 0. The molecule has 0 radical (unpaired) electrons. The van der Waals surface area contributed by atoms with Crippen LogP contribution in [0.5, 0.6) is 0 Å². The van der Waals surface area contributed by atoms with Crippen LogP contribution in [-0.4, -0.2) is 61.4 Å². The lowest BCUT2D eigenvalue weighted by molar-refractivity contribution is -0.145. The van der Waals surface area contributed by atoms with Gasteiger partial charge in [-0.05, 0) is 24.8 Å². The highest BCUT2D eigenvalue weighted by Gasteiger charge is 2.17. The third-order valence-electron chi connectivity index (χ3n) is 4.76. The van der Waals surface area contributed by atoms with Crippen molar-refractivity contribution < 1.29 is 19.1 Å². The van der Waals surface area contributed by atoms with Crippen molar-refractivity contribution in [3.63, 3.8) is 0 Å². The number of halogens is 3. The summed E-state index contributed by atoms with van der Waals surface area (Å²) in [6.07, 6.45) is 3.03. The molecule has 0 aliphatic rings. The minimum absolute atomic E-state index is 0. The van der Waals surface area contributed by atoms with Gasteiger partial charge in [0.25, 0.3) is 0 Å². The van der Waals surface area contributed by atoms with E-state index in [9.17, 15) is 14.4 Å². The molecule has 0 spiro atoms. The molecule has 0 saturated heterocycles. The summed E-state index contributed by atoms with van der Waals surface area (Å²) < 4.78 is 5.23. The summed E-state index contributed by atoms with van der Waals surface area (Å²) in [6, 6.07) is 8.80. The Morgan fingerprint density at radius 2 is 1.53 bits per heavy atom. The summed E-state index contributed by atoms with van der Waals surface area (Å²) in [6.45, 7) is 2.37. The lowest BCUT2D eigenvalue weighted by Gasteiger charge is -2.22. The summed E-state index contributed by atoms with van der Waals surface area (Å²) in [5.74, 6) is -0.601. The van der Waals surface area contributed by atoms with Crippen molar-refractivity contribution in [2.75, 3.05) is 32.7 Å². The van der Waals surface area contributed by atoms with E-state index in [1.807, 2.05) is 30.3 Å². The van der Waals surface area contributed by atoms with Crippen molar-refractivity contribution in [1.29, 1.82) is 0 Å². The molecule has 0 saturated carbocycles. The second-order valence-electron chi connectivity index (χ2n) is 7.35. The highest BCUT2D eigenvalue weighted by Crippen LogP contribution is 2.05. The van der Waals surface area contributed by atoms with Crippen molar-refractivity contribution >= 4 is 55.0 Å². The Morgan fingerprint density at radius 3 is 2.12 bits per heavy atom. The predicted molar refractivity (Wildman–Crippen MR) is 141 cm³/mol. The lowest BCUT2D eigenvalue weighted by Crippen LogP contribution is -2.43. The molecule has 1 aromatic carbocycles. The number of nitrogens with one attached hydrogen (secondary N) is 1. The maximum atomic E-state index is 12.2. The van der Waals surface area contributed by atoms with Gasteiger partial charge in [0.15, 0.2) is 0 Å². The van der Waals surface area contributed by atoms with E-state index in [4.69, 9.17) is 21.9 Å². The van der Waals surface area contributed by atoms with E-state index in [2.05, 4.69) is 5.32 Å². The van der Waals surface area contributed by atoms with Gasteiger partial charge in [0.2, 0.25) is 11.8 Å². The van der Waals surface area contributed by atoms with Gasteiger partial charge in [-0.2, -0.15) is 0 Å². The third kappa shape index (κ3) is 16.9. The van der Waals surface area contributed by atoms with Gasteiger partial charge in [0.1, 0.15) is 6.61 Å². The molecular weight excluding hydrogens is 505 g/mol. The Bertz CT molecular complexity index is 665. The van der Waals surface area contributed by atoms with E-state index in [1.54, 1.807) is 4.90 Å². The minimum Gasteiger partial charge on any atom is -0.461 e. The molecule has 12 heteroatoms. The van der Waals surface area contributed by atoms with Crippen LogP contribution in [0.4, 0.5) is 0 Å². The Hall–Kier alpha value is -1.62. The van der Waals surface area contributed by atoms with Gasteiger partial charge in [-0.25, -0.2) is 0 Å². The van der Waals surface area contributed by atoms with Crippen LogP contribution in [0.2, 0.25) is 0 Å². The van der Waals surface area contributed by atoms with Gasteiger partial charge in [-0.15, -0.1) is 37.2 Å². The van der Waals surface area contributed by atoms with Crippen LogP contribution in [-0.2, 0) is 25.7 Å². The van der Waals surface area contributed by atoms with Gasteiger partial charge in [-0.3, -0.25) is 14.4 Å². The van der Waals surface area contributed by atoms with Gasteiger partial charge in [-0.1, -0.05) is 36.8 Å². The number of esters is 1. The van der Waals surface area contributed by atoms with E-state index in [0.717, 1.165) is 18.4 Å². The van der Waals surface area contributed by atoms with E-state index in [-0.39, 0.29) is 74.5 Å².